The minimum atomic E-state index is -0.632. The van der Waals surface area contributed by atoms with Gasteiger partial charge in [0.1, 0.15) is 23.0 Å². The molecule has 2 spiro atoms. The van der Waals surface area contributed by atoms with Crippen LogP contribution in [0.4, 0.5) is 17.1 Å². The van der Waals surface area contributed by atoms with Crippen molar-refractivity contribution in [1.29, 1.82) is 0 Å². The molecular formula is C56H34BNO2. The number of hydrogen-bond donors (Lipinski definition) is 0. The van der Waals surface area contributed by atoms with Gasteiger partial charge in [-0.2, -0.15) is 0 Å². The van der Waals surface area contributed by atoms with Gasteiger partial charge in [0.2, 0.25) is 0 Å². The average molecular weight is 764 g/mol. The molecule has 0 radical (unpaired) electrons. The lowest BCUT2D eigenvalue weighted by Gasteiger charge is -2.53. The Kier molecular flexibility index (Phi) is 6.24. The van der Waals surface area contributed by atoms with Gasteiger partial charge in [-0.15, -0.1) is 0 Å². The van der Waals surface area contributed by atoms with E-state index in [9.17, 15) is 0 Å². The van der Waals surface area contributed by atoms with Crippen LogP contribution >= 0.6 is 0 Å². The zero-order chi connectivity index (χ0) is 39.2. The van der Waals surface area contributed by atoms with E-state index in [1.165, 1.54) is 55.6 Å². The maximum Gasteiger partial charge on any atom is 0.260 e. The number of rotatable bonds is 1. The van der Waals surface area contributed by atoms with E-state index in [-0.39, 0.29) is 6.71 Å². The van der Waals surface area contributed by atoms with Gasteiger partial charge in [-0.05, 0) is 90.8 Å². The fourth-order valence-electron chi connectivity index (χ4n) is 12.0. The van der Waals surface area contributed by atoms with Crippen molar-refractivity contribution in [2.75, 3.05) is 4.90 Å². The number of anilines is 3. The van der Waals surface area contributed by atoms with E-state index >= 15 is 0 Å². The van der Waals surface area contributed by atoms with Crippen molar-refractivity contribution in [1.82, 2.24) is 0 Å². The van der Waals surface area contributed by atoms with E-state index in [0.29, 0.717) is 0 Å². The summed E-state index contributed by atoms with van der Waals surface area (Å²) < 4.78 is 13.7. The summed E-state index contributed by atoms with van der Waals surface area (Å²) >= 11 is 0. The summed E-state index contributed by atoms with van der Waals surface area (Å²) in [6.45, 7) is 0.0107. The van der Waals surface area contributed by atoms with Crippen molar-refractivity contribution in [3.63, 3.8) is 0 Å². The van der Waals surface area contributed by atoms with Crippen molar-refractivity contribution < 1.29 is 9.47 Å². The Bertz CT molecular complexity index is 3120. The van der Waals surface area contributed by atoms with Crippen LogP contribution in [0, 0.1) is 0 Å². The smallest absolute Gasteiger partial charge is 0.260 e. The van der Waals surface area contributed by atoms with Gasteiger partial charge in [-0.3, -0.25) is 0 Å². The number of nitrogens with zero attached hydrogens (tertiary/aromatic N) is 1. The zero-order valence-corrected chi connectivity index (χ0v) is 32.5. The number of para-hydroxylation sites is 4. The van der Waals surface area contributed by atoms with Crippen molar-refractivity contribution >= 4 is 40.2 Å². The van der Waals surface area contributed by atoms with Gasteiger partial charge in [0.15, 0.2) is 0 Å². The number of hydrogen-bond acceptors (Lipinski definition) is 3. The highest BCUT2D eigenvalue weighted by Gasteiger charge is 2.59. The standard InChI is InChI=1S/C56H34BNO2/c1-3-19-38-36(17-1)37-18-2-4-20-39(37)55(38)40-21-5-7-23-42(40)56(43-24-8-6-22-41(43)55)44-25-9-13-29-48(44)58(49-30-14-10-26-45(49)56)35-33-52-54-53(34-35)60-51-32-16-12-28-47(51)57(54)46-27-11-15-31-50(46)59-52/h1-34H. The Morgan fingerprint density at radius 3 is 1.15 bits per heavy atom. The van der Waals surface area contributed by atoms with Gasteiger partial charge in [-0.1, -0.05) is 170 Å². The Labute approximate surface area is 348 Å². The summed E-state index contributed by atoms with van der Waals surface area (Å²) in [5, 5.41) is 0. The lowest BCUT2D eigenvalue weighted by atomic mass is 9.35. The summed E-state index contributed by atoms with van der Waals surface area (Å²) in [5.41, 5.74) is 18.5. The van der Waals surface area contributed by atoms with Crippen LogP contribution in [0.15, 0.2) is 206 Å². The lowest BCUT2D eigenvalue weighted by molar-refractivity contribution is 0.465. The first-order chi connectivity index (χ1) is 29.8. The molecule has 0 saturated carbocycles. The summed E-state index contributed by atoms with van der Waals surface area (Å²) in [6.07, 6.45) is 0. The summed E-state index contributed by atoms with van der Waals surface area (Å²) in [5.74, 6) is 3.41. The molecule has 9 aromatic rings. The summed E-state index contributed by atoms with van der Waals surface area (Å²) in [4.78, 5) is 2.44. The predicted molar refractivity (Wildman–Crippen MR) is 242 cm³/mol. The largest absolute Gasteiger partial charge is 0.458 e. The number of ether oxygens (including phenoxy) is 2. The Morgan fingerprint density at radius 1 is 0.333 bits per heavy atom. The van der Waals surface area contributed by atoms with Crippen LogP contribution in [0.25, 0.3) is 11.1 Å². The molecule has 14 rings (SSSR count). The van der Waals surface area contributed by atoms with Crippen molar-refractivity contribution in [2.24, 2.45) is 0 Å². The molecule has 0 bridgehead atoms. The molecule has 0 unspecified atom stereocenters. The second-order valence-electron chi connectivity index (χ2n) is 16.6. The van der Waals surface area contributed by atoms with Gasteiger partial charge in [0, 0.05) is 17.6 Å². The highest BCUT2D eigenvalue weighted by atomic mass is 16.5. The zero-order valence-electron chi connectivity index (χ0n) is 32.5. The third-order valence-corrected chi connectivity index (χ3v) is 14.1. The Morgan fingerprint density at radius 2 is 0.683 bits per heavy atom. The average Bonchev–Trinajstić information content (AvgIpc) is 3.61. The summed E-state index contributed by atoms with van der Waals surface area (Å²) in [7, 11) is 0. The first-order valence-corrected chi connectivity index (χ1v) is 20.9. The molecule has 9 aromatic carbocycles. The highest BCUT2D eigenvalue weighted by molar-refractivity contribution is 6.98. The maximum atomic E-state index is 6.85. The molecule has 0 aromatic heterocycles. The van der Waals surface area contributed by atoms with Gasteiger partial charge in [0.25, 0.3) is 6.71 Å². The molecule has 5 aliphatic rings. The topological polar surface area (TPSA) is 21.7 Å². The molecule has 0 fully saturated rings. The minimum Gasteiger partial charge on any atom is -0.458 e. The number of fused-ring (bicyclic) bond motifs is 19. The second kappa shape index (κ2) is 11.6. The molecule has 3 heterocycles. The molecule has 0 saturated heterocycles. The van der Waals surface area contributed by atoms with Gasteiger partial charge < -0.3 is 14.4 Å². The maximum absolute atomic E-state index is 6.85. The SMILES string of the molecule is c1ccc2c(c1)Oc1cc(N3c4ccccc4C4(c5ccccc53)c3ccccc3C3(c5ccccc5-c5ccccc53)c3ccccc34)cc3c1B2c1ccccc1O3. The first-order valence-electron chi connectivity index (χ1n) is 20.9. The minimum absolute atomic E-state index is 0.0107. The molecule has 2 aliphatic carbocycles. The molecule has 0 N–H and O–H groups in total. The van der Waals surface area contributed by atoms with Crippen molar-refractivity contribution in [3.8, 4) is 34.1 Å². The molecule has 4 heteroatoms. The molecule has 0 amide bonds. The third kappa shape index (κ3) is 3.79. The molecule has 278 valence electrons. The van der Waals surface area contributed by atoms with E-state index < -0.39 is 10.8 Å². The van der Waals surface area contributed by atoms with Crippen LogP contribution < -0.4 is 30.8 Å². The fraction of sp³-hybridized carbons (Fsp3) is 0.0357. The van der Waals surface area contributed by atoms with Crippen LogP contribution in [0.3, 0.4) is 0 Å². The third-order valence-electron chi connectivity index (χ3n) is 14.1. The van der Waals surface area contributed by atoms with Gasteiger partial charge in [-0.25, -0.2) is 0 Å². The molecular weight excluding hydrogens is 729 g/mol. The monoisotopic (exact) mass is 763 g/mol. The molecule has 3 nitrogen and oxygen atoms in total. The van der Waals surface area contributed by atoms with E-state index in [1.807, 2.05) is 0 Å². The highest BCUT2D eigenvalue weighted by Crippen LogP contribution is 2.67. The van der Waals surface area contributed by atoms with Crippen molar-refractivity contribution in [3.05, 3.63) is 251 Å². The van der Waals surface area contributed by atoms with Crippen molar-refractivity contribution in [2.45, 2.75) is 10.8 Å². The Balaban J connectivity index is 1.05. The van der Waals surface area contributed by atoms with E-state index in [4.69, 9.17) is 9.47 Å². The molecule has 60 heavy (non-hydrogen) atoms. The normalized spacial score (nSPS) is 15.5. The predicted octanol–water partition coefficient (Wildman–Crippen LogP) is 11.3. The molecule has 0 atom stereocenters. The van der Waals surface area contributed by atoms with E-state index in [0.717, 1.165) is 56.4 Å². The fourth-order valence-corrected chi connectivity index (χ4v) is 12.0. The van der Waals surface area contributed by atoms with Gasteiger partial charge in [0.05, 0.1) is 27.9 Å². The second-order valence-corrected chi connectivity index (χ2v) is 16.6. The summed E-state index contributed by atoms with van der Waals surface area (Å²) in [6, 6.07) is 76.1. The Hall–Kier alpha value is -7.56. The van der Waals surface area contributed by atoms with Crippen LogP contribution in [-0.4, -0.2) is 6.71 Å². The van der Waals surface area contributed by atoms with E-state index in [2.05, 4.69) is 211 Å². The van der Waals surface area contributed by atoms with Crippen LogP contribution in [0.2, 0.25) is 0 Å². The first kappa shape index (κ1) is 32.4. The van der Waals surface area contributed by atoms with Crippen LogP contribution in [0.5, 0.6) is 23.0 Å². The van der Waals surface area contributed by atoms with Crippen LogP contribution in [-0.2, 0) is 10.8 Å². The van der Waals surface area contributed by atoms with Crippen LogP contribution in [0.1, 0.15) is 44.5 Å². The molecule has 3 aliphatic heterocycles. The lowest BCUT2D eigenvalue weighted by Crippen LogP contribution is -2.57. The van der Waals surface area contributed by atoms with E-state index in [1.54, 1.807) is 0 Å². The number of benzene rings is 9. The van der Waals surface area contributed by atoms with Gasteiger partial charge >= 0.3 is 0 Å². The quantitative estimate of drug-likeness (QED) is 0.155.